The topological polar surface area (TPSA) is 60.8 Å². The van der Waals surface area contributed by atoms with Crippen molar-refractivity contribution in [3.63, 3.8) is 0 Å². The molecule has 0 spiro atoms. The molecule has 2 N–H and O–H groups in total. The molecule has 0 amide bonds. The summed E-state index contributed by atoms with van der Waals surface area (Å²) < 4.78 is 0. The van der Waals surface area contributed by atoms with Gasteiger partial charge < -0.3 is 10.2 Å². The number of aliphatic hydroxyl groups excluding tert-OH is 1. The second kappa shape index (κ2) is 4.58. The standard InChI is InChI=1S/C9H17NO3/c1-2-10(6-9(12)13)7-4-3-5-8(7)11/h7-8,11H,2-6H2,1H3,(H,12,13). The Morgan fingerprint density at radius 3 is 2.62 bits per heavy atom. The van der Waals surface area contributed by atoms with Gasteiger partial charge in [0.15, 0.2) is 0 Å². The van der Waals surface area contributed by atoms with Crippen LogP contribution in [0.5, 0.6) is 0 Å². The number of likely N-dealkylation sites (N-methyl/N-ethyl adjacent to an activating group) is 1. The van der Waals surface area contributed by atoms with Gasteiger partial charge in [0.1, 0.15) is 0 Å². The van der Waals surface area contributed by atoms with Crippen LogP contribution in [0.1, 0.15) is 26.2 Å². The number of carbonyl (C=O) groups is 1. The van der Waals surface area contributed by atoms with Crippen molar-refractivity contribution in [2.45, 2.75) is 38.3 Å². The Kier molecular flexibility index (Phi) is 3.69. The van der Waals surface area contributed by atoms with E-state index >= 15 is 0 Å². The summed E-state index contributed by atoms with van der Waals surface area (Å²) in [6.45, 7) is 2.65. The summed E-state index contributed by atoms with van der Waals surface area (Å²) in [5.74, 6) is -0.819. The van der Waals surface area contributed by atoms with Crippen molar-refractivity contribution < 1.29 is 15.0 Å². The van der Waals surface area contributed by atoms with Crippen molar-refractivity contribution in [2.24, 2.45) is 0 Å². The lowest BCUT2D eigenvalue weighted by molar-refractivity contribution is -0.139. The van der Waals surface area contributed by atoms with Gasteiger partial charge in [-0.2, -0.15) is 0 Å². The first kappa shape index (κ1) is 10.5. The van der Waals surface area contributed by atoms with Gasteiger partial charge in [0.25, 0.3) is 0 Å². The Balaban J connectivity index is 2.49. The minimum absolute atomic E-state index is 0.0399. The molecule has 1 rings (SSSR count). The van der Waals surface area contributed by atoms with Crippen LogP contribution in [0, 0.1) is 0 Å². The fourth-order valence-electron chi connectivity index (χ4n) is 1.98. The summed E-state index contributed by atoms with van der Waals surface area (Å²) in [7, 11) is 0. The molecule has 76 valence electrons. The largest absolute Gasteiger partial charge is 0.480 e. The maximum absolute atomic E-state index is 10.5. The van der Waals surface area contributed by atoms with Crippen LogP contribution in [0.3, 0.4) is 0 Å². The average molecular weight is 187 g/mol. The van der Waals surface area contributed by atoms with E-state index in [4.69, 9.17) is 5.11 Å². The lowest BCUT2D eigenvalue weighted by Crippen LogP contribution is -2.43. The third-order valence-electron chi connectivity index (χ3n) is 2.66. The van der Waals surface area contributed by atoms with E-state index < -0.39 is 5.97 Å². The first-order valence-electron chi connectivity index (χ1n) is 4.79. The fraction of sp³-hybridized carbons (Fsp3) is 0.889. The van der Waals surface area contributed by atoms with Crippen LogP contribution in [0.15, 0.2) is 0 Å². The number of hydrogen-bond donors (Lipinski definition) is 2. The zero-order valence-corrected chi connectivity index (χ0v) is 7.94. The first-order chi connectivity index (χ1) is 6.15. The van der Waals surface area contributed by atoms with Gasteiger partial charge in [-0.25, -0.2) is 0 Å². The van der Waals surface area contributed by atoms with Gasteiger partial charge in [0.05, 0.1) is 12.6 Å². The van der Waals surface area contributed by atoms with E-state index in [0.717, 1.165) is 19.3 Å². The predicted molar refractivity (Wildman–Crippen MR) is 48.5 cm³/mol. The summed E-state index contributed by atoms with van der Waals surface area (Å²) in [4.78, 5) is 12.3. The van der Waals surface area contributed by atoms with E-state index in [0.29, 0.717) is 6.54 Å². The van der Waals surface area contributed by atoms with Crippen molar-refractivity contribution in [1.29, 1.82) is 0 Å². The van der Waals surface area contributed by atoms with E-state index in [1.807, 2.05) is 11.8 Å². The number of aliphatic carboxylic acids is 1. The number of carboxylic acids is 1. The molecule has 0 aromatic rings. The van der Waals surface area contributed by atoms with Crippen molar-refractivity contribution in [3.8, 4) is 0 Å². The minimum Gasteiger partial charge on any atom is -0.480 e. The van der Waals surface area contributed by atoms with Crippen molar-refractivity contribution >= 4 is 5.97 Å². The zero-order chi connectivity index (χ0) is 9.84. The predicted octanol–water partition coefficient (Wildman–Crippen LogP) is 0.306. The normalized spacial score (nSPS) is 28.2. The van der Waals surface area contributed by atoms with Crippen LogP contribution in [0.25, 0.3) is 0 Å². The highest BCUT2D eigenvalue weighted by Gasteiger charge is 2.30. The summed E-state index contributed by atoms with van der Waals surface area (Å²) in [5.41, 5.74) is 0. The molecular formula is C9H17NO3. The fourth-order valence-corrected chi connectivity index (χ4v) is 1.98. The molecule has 1 saturated carbocycles. The summed E-state index contributed by atoms with van der Waals surface area (Å²) in [6.07, 6.45) is 2.39. The average Bonchev–Trinajstić information content (AvgIpc) is 2.47. The Morgan fingerprint density at radius 2 is 2.23 bits per heavy atom. The second-order valence-corrected chi connectivity index (χ2v) is 3.52. The molecule has 1 aliphatic carbocycles. The highest BCUT2D eigenvalue weighted by atomic mass is 16.4. The van der Waals surface area contributed by atoms with Gasteiger partial charge in [-0.3, -0.25) is 9.69 Å². The van der Waals surface area contributed by atoms with Crippen LogP contribution in [-0.2, 0) is 4.79 Å². The van der Waals surface area contributed by atoms with Crippen molar-refractivity contribution in [1.82, 2.24) is 4.90 Å². The van der Waals surface area contributed by atoms with Gasteiger partial charge in [0.2, 0.25) is 0 Å². The number of hydrogen-bond acceptors (Lipinski definition) is 3. The Bertz CT molecular complexity index is 184. The number of aliphatic hydroxyl groups is 1. The minimum atomic E-state index is -0.819. The molecule has 0 aromatic carbocycles. The molecule has 0 radical (unpaired) electrons. The number of carboxylic acid groups (broad SMARTS) is 1. The molecule has 0 aliphatic heterocycles. The maximum Gasteiger partial charge on any atom is 0.317 e. The Morgan fingerprint density at radius 1 is 1.54 bits per heavy atom. The number of rotatable bonds is 4. The van der Waals surface area contributed by atoms with Crippen LogP contribution < -0.4 is 0 Å². The van der Waals surface area contributed by atoms with Crippen molar-refractivity contribution in [3.05, 3.63) is 0 Å². The summed E-state index contributed by atoms with van der Waals surface area (Å²) >= 11 is 0. The van der Waals surface area contributed by atoms with Crippen molar-refractivity contribution in [2.75, 3.05) is 13.1 Å². The smallest absolute Gasteiger partial charge is 0.317 e. The Hall–Kier alpha value is -0.610. The van der Waals surface area contributed by atoms with Crippen LogP contribution in [0.2, 0.25) is 0 Å². The highest BCUT2D eigenvalue weighted by molar-refractivity contribution is 5.69. The van der Waals surface area contributed by atoms with Crippen LogP contribution in [0.4, 0.5) is 0 Å². The highest BCUT2D eigenvalue weighted by Crippen LogP contribution is 2.23. The van der Waals surface area contributed by atoms with E-state index in [1.54, 1.807) is 0 Å². The van der Waals surface area contributed by atoms with Gasteiger partial charge in [-0.15, -0.1) is 0 Å². The lowest BCUT2D eigenvalue weighted by Gasteiger charge is -2.28. The lowest BCUT2D eigenvalue weighted by atomic mass is 10.2. The molecule has 2 unspecified atom stereocenters. The van der Waals surface area contributed by atoms with Gasteiger partial charge in [-0.05, 0) is 25.8 Å². The van der Waals surface area contributed by atoms with E-state index in [-0.39, 0.29) is 18.7 Å². The summed E-state index contributed by atoms with van der Waals surface area (Å²) in [5, 5.41) is 18.2. The molecule has 13 heavy (non-hydrogen) atoms. The number of nitrogens with zero attached hydrogens (tertiary/aromatic N) is 1. The van der Waals surface area contributed by atoms with Gasteiger partial charge in [-0.1, -0.05) is 6.92 Å². The molecular weight excluding hydrogens is 170 g/mol. The molecule has 2 atom stereocenters. The third-order valence-corrected chi connectivity index (χ3v) is 2.66. The van der Waals surface area contributed by atoms with Crippen LogP contribution >= 0.6 is 0 Å². The molecule has 1 aliphatic rings. The van der Waals surface area contributed by atoms with E-state index in [1.165, 1.54) is 0 Å². The van der Waals surface area contributed by atoms with Gasteiger partial charge >= 0.3 is 5.97 Å². The molecule has 0 heterocycles. The van der Waals surface area contributed by atoms with E-state index in [2.05, 4.69) is 0 Å². The first-order valence-corrected chi connectivity index (χ1v) is 4.79. The second-order valence-electron chi connectivity index (χ2n) is 3.52. The molecule has 0 saturated heterocycles. The van der Waals surface area contributed by atoms with Crippen LogP contribution in [-0.4, -0.2) is 46.3 Å². The SMILES string of the molecule is CCN(CC(=O)O)C1CCCC1O. The monoisotopic (exact) mass is 187 g/mol. The molecule has 4 heteroatoms. The quantitative estimate of drug-likeness (QED) is 0.665. The Labute approximate surface area is 78.2 Å². The third kappa shape index (κ3) is 2.67. The molecule has 0 aromatic heterocycles. The van der Waals surface area contributed by atoms with Gasteiger partial charge in [0, 0.05) is 6.04 Å². The van der Waals surface area contributed by atoms with E-state index in [9.17, 15) is 9.90 Å². The maximum atomic E-state index is 10.5. The summed E-state index contributed by atoms with van der Waals surface area (Å²) in [6, 6.07) is 0.0566. The molecule has 0 bridgehead atoms. The molecule has 1 fully saturated rings. The molecule has 4 nitrogen and oxygen atoms in total. The zero-order valence-electron chi connectivity index (χ0n) is 7.94.